The highest BCUT2D eigenvalue weighted by Gasteiger charge is 2.42. The van der Waals surface area contributed by atoms with Crippen molar-refractivity contribution < 1.29 is 0 Å². The van der Waals surface area contributed by atoms with E-state index < -0.39 is 0 Å². The number of nitrogens with zero attached hydrogens (tertiary/aromatic N) is 2. The van der Waals surface area contributed by atoms with Gasteiger partial charge in [0.05, 0.1) is 0 Å². The zero-order chi connectivity index (χ0) is 12.5. The van der Waals surface area contributed by atoms with E-state index >= 15 is 0 Å². The van der Waals surface area contributed by atoms with Crippen LogP contribution in [-0.4, -0.2) is 62.2 Å². The Balaban J connectivity index is 1.93. The second-order valence-corrected chi connectivity index (χ2v) is 6.28. The van der Waals surface area contributed by atoms with E-state index in [1.54, 1.807) is 0 Å². The van der Waals surface area contributed by atoms with Gasteiger partial charge in [0.15, 0.2) is 0 Å². The average molecular weight is 239 g/mol. The van der Waals surface area contributed by atoms with Gasteiger partial charge in [0.1, 0.15) is 0 Å². The van der Waals surface area contributed by atoms with E-state index in [1.807, 2.05) is 0 Å². The zero-order valence-corrected chi connectivity index (χ0v) is 12.0. The van der Waals surface area contributed by atoms with Gasteiger partial charge in [-0.3, -0.25) is 0 Å². The third kappa shape index (κ3) is 2.51. The van der Waals surface area contributed by atoms with E-state index in [4.69, 9.17) is 0 Å². The maximum absolute atomic E-state index is 3.49. The summed E-state index contributed by atoms with van der Waals surface area (Å²) in [6, 6.07) is 1.46. The van der Waals surface area contributed by atoms with Crippen LogP contribution in [-0.2, 0) is 0 Å². The molecule has 0 aromatic rings. The van der Waals surface area contributed by atoms with Crippen LogP contribution in [0.2, 0.25) is 0 Å². The van der Waals surface area contributed by atoms with Crippen molar-refractivity contribution in [3.8, 4) is 0 Å². The van der Waals surface area contributed by atoms with Crippen molar-refractivity contribution in [2.45, 2.75) is 56.1 Å². The number of hydrogen-bond donors (Lipinski definition) is 1. The molecule has 0 aromatic carbocycles. The molecule has 1 N–H and O–H groups in total. The zero-order valence-electron chi connectivity index (χ0n) is 12.0. The normalized spacial score (nSPS) is 32.1. The van der Waals surface area contributed by atoms with Crippen molar-refractivity contribution in [2.75, 3.05) is 34.7 Å². The Morgan fingerprint density at radius 3 is 2.29 bits per heavy atom. The van der Waals surface area contributed by atoms with Crippen LogP contribution in [0.5, 0.6) is 0 Å². The Kier molecular flexibility index (Phi) is 4.11. The van der Waals surface area contributed by atoms with Crippen molar-refractivity contribution in [3.63, 3.8) is 0 Å². The fourth-order valence-electron chi connectivity index (χ4n) is 3.72. The van der Waals surface area contributed by atoms with Gasteiger partial charge in [-0.2, -0.15) is 0 Å². The molecule has 3 heteroatoms. The predicted octanol–water partition coefficient (Wildman–Crippen LogP) is 1.54. The molecule has 2 rings (SSSR count). The molecule has 0 aliphatic heterocycles. The maximum atomic E-state index is 3.49. The van der Waals surface area contributed by atoms with Crippen LogP contribution in [0.15, 0.2) is 0 Å². The predicted molar refractivity (Wildman–Crippen MR) is 73.4 cm³/mol. The summed E-state index contributed by atoms with van der Waals surface area (Å²) in [5, 5.41) is 3.49. The molecule has 2 saturated carbocycles. The summed E-state index contributed by atoms with van der Waals surface area (Å²) in [6.07, 6.45) is 8.26. The minimum Gasteiger partial charge on any atom is -0.315 e. The molecule has 0 spiro atoms. The lowest BCUT2D eigenvalue weighted by Crippen LogP contribution is -2.59. The molecule has 0 aromatic heterocycles. The molecule has 17 heavy (non-hydrogen) atoms. The molecule has 2 fully saturated rings. The summed E-state index contributed by atoms with van der Waals surface area (Å²) in [5.74, 6) is 0. The average Bonchev–Trinajstić information content (AvgIpc) is 2.70. The van der Waals surface area contributed by atoms with Gasteiger partial charge in [0.2, 0.25) is 0 Å². The minimum absolute atomic E-state index is 0.468. The molecule has 0 saturated heterocycles. The van der Waals surface area contributed by atoms with Crippen molar-refractivity contribution in [1.29, 1.82) is 0 Å². The number of rotatable bonds is 5. The van der Waals surface area contributed by atoms with Gasteiger partial charge in [-0.15, -0.1) is 0 Å². The van der Waals surface area contributed by atoms with Crippen molar-refractivity contribution in [1.82, 2.24) is 15.1 Å². The van der Waals surface area contributed by atoms with Crippen molar-refractivity contribution >= 4 is 0 Å². The fraction of sp³-hybridized carbons (Fsp3) is 1.00. The smallest absolute Gasteiger partial charge is 0.0330 e. The van der Waals surface area contributed by atoms with Crippen LogP contribution < -0.4 is 5.32 Å². The van der Waals surface area contributed by atoms with Gasteiger partial charge in [-0.05, 0) is 60.3 Å². The third-order valence-electron chi connectivity index (χ3n) is 5.19. The monoisotopic (exact) mass is 239 g/mol. The van der Waals surface area contributed by atoms with Crippen LogP contribution in [0.1, 0.15) is 38.5 Å². The Labute approximate surface area is 107 Å². The molecular formula is C14H29N3. The first-order chi connectivity index (χ1) is 8.09. The van der Waals surface area contributed by atoms with Gasteiger partial charge in [0, 0.05) is 24.2 Å². The highest BCUT2D eigenvalue weighted by Crippen LogP contribution is 2.38. The van der Waals surface area contributed by atoms with Gasteiger partial charge in [0.25, 0.3) is 0 Å². The lowest BCUT2D eigenvalue weighted by Gasteiger charge is -2.50. The molecular weight excluding hydrogens is 210 g/mol. The molecule has 2 unspecified atom stereocenters. The Morgan fingerprint density at radius 2 is 1.82 bits per heavy atom. The fourth-order valence-corrected chi connectivity index (χ4v) is 3.72. The second kappa shape index (κ2) is 5.25. The summed E-state index contributed by atoms with van der Waals surface area (Å²) in [7, 11) is 8.93. The molecule has 0 bridgehead atoms. The van der Waals surface area contributed by atoms with E-state index in [1.165, 1.54) is 45.1 Å². The molecule has 0 amide bonds. The molecule has 0 heterocycles. The first kappa shape index (κ1) is 13.3. The van der Waals surface area contributed by atoms with Crippen LogP contribution in [0.4, 0.5) is 0 Å². The maximum Gasteiger partial charge on any atom is 0.0330 e. The quantitative estimate of drug-likeness (QED) is 0.785. The Morgan fingerprint density at radius 1 is 1.12 bits per heavy atom. The molecule has 2 atom stereocenters. The van der Waals surface area contributed by atoms with Crippen molar-refractivity contribution in [3.05, 3.63) is 0 Å². The molecule has 2 aliphatic rings. The van der Waals surface area contributed by atoms with E-state index in [0.29, 0.717) is 11.6 Å². The summed E-state index contributed by atoms with van der Waals surface area (Å²) in [5.41, 5.74) is 0.468. The molecule has 3 nitrogen and oxygen atoms in total. The summed E-state index contributed by atoms with van der Waals surface area (Å²) in [6.45, 7) is 1.24. The summed E-state index contributed by atoms with van der Waals surface area (Å²) >= 11 is 0. The highest BCUT2D eigenvalue weighted by atomic mass is 15.2. The lowest BCUT2D eigenvalue weighted by atomic mass is 9.75. The van der Waals surface area contributed by atoms with Gasteiger partial charge >= 0.3 is 0 Å². The largest absolute Gasteiger partial charge is 0.315 e. The molecule has 100 valence electrons. The highest BCUT2D eigenvalue weighted by molar-refractivity contribution is 5.00. The van der Waals surface area contributed by atoms with E-state index in [2.05, 4.69) is 43.3 Å². The SMILES string of the molecule is CNC1CCCC1N(C)CC1(N(C)C)CCC1. The molecule has 2 aliphatic carbocycles. The van der Waals surface area contributed by atoms with Crippen LogP contribution >= 0.6 is 0 Å². The van der Waals surface area contributed by atoms with Crippen molar-refractivity contribution in [2.24, 2.45) is 0 Å². The van der Waals surface area contributed by atoms with E-state index in [9.17, 15) is 0 Å². The van der Waals surface area contributed by atoms with Gasteiger partial charge in [-0.25, -0.2) is 0 Å². The van der Waals surface area contributed by atoms with Crippen LogP contribution in [0.3, 0.4) is 0 Å². The molecule has 0 radical (unpaired) electrons. The van der Waals surface area contributed by atoms with Gasteiger partial charge < -0.3 is 15.1 Å². The first-order valence-electron chi connectivity index (χ1n) is 7.14. The standard InChI is InChI=1S/C14H29N3/c1-15-12-7-5-8-13(12)17(4)11-14(16(2)3)9-6-10-14/h12-13,15H,5-11H2,1-4H3. The number of hydrogen-bond acceptors (Lipinski definition) is 3. The summed E-state index contributed by atoms with van der Waals surface area (Å²) < 4.78 is 0. The first-order valence-corrected chi connectivity index (χ1v) is 7.14. The third-order valence-corrected chi connectivity index (χ3v) is 5.19. The van der Waals surface area contributed by atoms with Crippen LogP contribution in [0, 0.1) is 0 Å². The van der Waals surface area contributed by atoms with Crippen LogP contribution in [0.25, 0.3) is 0 Å². The van der Waals surface area contributed by atoms with E-state index in [0.717, 1.165) is 6.04 Å². The Bertz CT molecular complexity index is 248. The minimum atomic E-state index is 0.468. The number of likely N-dealkylation sites (N-methyl/N-ethyl adjacent to an activating group) is 3. The topological polar surface area (TPSA) is 18.5 Å². The summed E-state index contributed by atoms with van der Waals surface area (Å²) in [4.78, 5) is 5.07. The number of nitrogens with one attached hydrogen (secondary N) is 1. The lowest BCUT2D eigenvalue weighted by molar-refractivity contribution is 0.0139. The van der Waals surface area contributed by atoms with Gasteiger partial charge in [-0.1, -0.05) is 6.42 Å². The second-order valence-electron chi connectivity index (χ2n) is 6.28. The Hall–Kier alpha value is -0.120. The van der Waals surface area contributed by atoms with E-state index in [-0.39, 0.29) is 0 Å².